The van der Waals surface area contributed by atoms with E-state index in [1.54, 1.807) is 37.1 Å². The molecule has 0 radical (unpaired) electrons. The lowest BCUT2D eigenvalue weighted by Gasteiger charge is -2.34. The van der Waals surface area contributed by atoms with Gasteiger partial charge in [0, 0.05) is 93.7 Å². The zero-order chi connectivity index (χ0) is 35.4. The van der Waals surface area contributed by atoms with Crippen molar-refractivity contribution in [2.24, 2.45) is 7.05 Å². The van der Waals surface area contributed by atoms with Crippen molar-refractivity contribution in [1.82, 2.24) is 29.4 Å². The van der Waals surface area contributed by atoms with E-state index >= 15 is 0 Å². The lowest BCUT2D eigenvalue weighted by molar-refractivity contribution is -0.140. The zero-order valence-electron chi connectivity index (χ0n) is 29.5. The molecule has 2 aromatic heterocycles. The molecule has 1 aromatic carbocycles. The molecule has 0 saturated carbocycles. The van der Waals surface area contributed by atoms with E-state index in [9.17, 15) is 23.2 Å². The van der Waals surface area contributed by atoms with Gasteiger partial charge in [-0.15, -0.1) is 0 Å². The Hall–Kier alpha value is -4.29. The summed E-state index contributed by atoms with van der Waals surface area (Å²) in [5.74, 6) is 0.752. The molecule has 0 aliphatic carbocycles. The first-order chi connectivity index (χ1) is 24.1. The predicted molar refractivity (Wildman–Crippen MR) is 185 cm³/mol. The first-order valence-electron chi connectivity index (χ1n) is 18.1. The number of hydrogen-bond donors (Lipinski definition) is 0. The third kappa shape index (κ3) is 7.71. The summed E-state index contributed by atoms with van der Waals surface area (Å²) in [4.78, 5) is 42.7. The van der Waals surface area contributed by atoms with Gasteiger partial charge < -0.3 is 19.4 Å². The van der Waals surface area contributed by atoms with E-state index < -0.39 is 6.43 Å². The van der Waals surface area contributed by atoms with Gasteiger partial charge in [-0.2, -0.15) is 10.2 Å². The minimum atomic E-state index is -2.66. The van der Waals surface area contributed by atoms with Crippen molar-refractivity contribution in [2.45, 2.75) is 103 Å². The number of carbonyl (C=O) groups excluding carboxylic acids is 3. The highest BCUT2D eigenvalue weighted by Crippen LogP contribution is 2.43. The van der Waals surface area contributed by atoms with E-state index in [1.165, 1.54) is 7.11 Å². The Bertz CT molecular complexity index is 1690. The summed E-state index contributed by atoms with van der Waals surface area (Å²) in [5.41, 5.74) is 4.96. The Morgan fingerprint density at radius 2 is 1.70 bits per heavy atom. The molecule has 13 heteroatoms. The number of nitrogens with zero attached hydrogens (tertiary/aromatic N) is 7. The number of esters is 1. The Kier molecular flexibility index (Phi) is 11.2. The summed E-state index contributed by atoms with van der Waals surface area (Å²) in [5, 5.41) is 9.45. The quantitative estimate of drug-likeness (QED) is 0.163. The Balaban J connectivity index is 1.18. The van der Waals surface area contributed by atoms with Gasteiger partial charge in [0.05, 0.1) is 25.9 Å². The maximum absolute atomic E-state index is 14.6. The molecule has 0 atom stereocenters. The fourth-order valence-electron chi connectivity index (χ4n) is 7.77. The van der Waals surface area contributed by atoms with Crippen LogP contribution in [0.25, 0.3) is 11.1 Å². The van der Waals surface area contributed by atoms with Crippen LogP contribution in [-0.2, 0) is 45.6 Å². The molecule has 1 saturated heterocycles. The minimum absolute atomic E-state index is 0.00232. The lowest BCUT2D eigenvalue weighted by Crippen LogP contribution is -2.40. The number of likely N-dealkylation sites (tertiary alicyclic amines) is 1. The summed E-state index contributed by atoms with van der Waals surface area (Å²) in [6, 6.07) is 3.63. The number of anilines is 2. The maximum Gasteiger partial charge on any atom is 0.305 e. The summed E-state index contributed by atoms with van der Waals surface area (Å²) < 4.78 is 37.6. The number of carbonyl (C=O) groups is 3. The fraction of sp³-hybridized carbons (Fsp3) is 0.595. The Labute approximate surface area is 292 Å². The summed E-state index contributed by atoms with van der Waals surface area (Å²) in [6.07, 6.45) is 10.1. The first kappa shape index (κ1) is 35.5. The molecule has 6 rings (SSSR count). The van der Waals surface area contributed by atoms with Gasteiger partial charge in [0.1, 0.15) is 0 Å². The molecule has 1 fully saturated rings. The third-order valence-corrected chi connectivity index (χ3v) is 10.5. The SMILES string of the molecule is COC(=O)CCCCCCCC(=O)N1CCC(n2nc(N3CCCc4cc(-c5cnn(C)c5)c(C(F)F)cc43)c3c2CCN(C(C)=O)C3)CC1. The molecule has 0 spiro atoms. The number of fused-ring (bicyclic) bond motifs is 2. The lowest BCUT2D eigenvalue weighted by atomic mass is 9.92. The number of halogens is 2. The molecule has 0 bridgehead atoms. The molecule has 270 valence electrons. The number of amides is 2. The van der Waals surface area contributed by atoms with Gasteiger partial charge in [-0.1, -0.05) is 19.3 Å². The van der Waals surface area contributed by atoms with Gasteiger partial charge in [-0.25, -0.2) is 8.78 Å². The highest BCUT2D eigenvalue weighted by atomic mass is 19.3. The van der Waals surface area contributed by atoms with Gasteiger partial charge in [-0.3, -0.25) is 23.7 Å². The van der Waals surface area contributed by atoms with Gasteiger partial charge in [0.2, 0.25) is 11.8 Å². The van der Waals surface area contributed by atoms with Gasteiger partial charge in [0.25, 0.3) is 6.43 Å². The highest BCUT2D eigenvalue weighted by Gasteiger charge is 2.35. The second-order valence-electron chi connectivity index (χ2n) is 13.9. The standard InChI is InChI=1S/C37H49F2N7O4/c1-25(47)44-19-15-32-31(24-44)37(45-16-9-10-26-20-29(27-22-40-42(2)23-27)30(36(38)39)21-33(26)45)41-46(32)28-13-17-43(18-14-28)34(48)11-7-5-4-6-8-12-35(49)50-3/h20-23,28,36H,4-19,24H2,1-3H3. The van der Waals surface area contributed by atoms with E-state index in [0.29, 0.717) is 63.1 Å². The van der Waals surface area contributed by atoms with Crippen molar-refractivity contribution in [3.63, 3.8) is 0 Å². The molecule has 3 aliphatic heterocycles. The van der Waals surface area contributed by atoms with Crippen molar-refractivity contribution in [2.75, 3.05) is 38.2 Å². The van der Waals surface area contributed by atoms with Crippen LogP contribution in [0.4, 0.5) is 20.3 Å². The molecular weight excluding hydrogens is 644 g/mol. The molecule has 5 heterocycles. The van der Waals surface area contributed by atoms with Crippen molar-refractivity contribution >= 4 is 29.3 Å². The Morgan fingerprint density at radius 3 is 2.38 bits per heavy atom. The average molecular weight is 694 g/mol. The summed E-state index contributed by atoms with van der Waals surface area (Å²) >= 11 is 0. The molecule has 11 nitrogen and oxygen atoms in total. The topological polar surface area (TPSA) is 106 Å². The average Bonchev–Trinajstić information content (AvgIpc) is 3.73. The number of rotatable bonds is 12. The van der Waals surface area contributed by atoms with Crippen molar-refractivity contribution in [1.29, 1.82) is 0 Å². The first-order valence-corrected chi connectivity index (χ1v) is 18.1. The monoisotopic (exact) mass is 693 g/mol. The van der Waals surface area contributed by atoms with Crippen LogP contribution in [0, 0.1) is 0 Å². The van der Waals surface area contributed by atoms with Crippen LogP contribution in [0.15, 0.2) is 24.5 Å². The van der Waals surface area contributed by atoms with E-state index in [2.05, 4.69) is 19.4 Å². The van der Waals surface area contributed by atoms with Crippen molar-refractivity contribution in [3.8, 4) is 11.1 Å². The normalized spacial score (nSPS) is 16.5. The summed E-state index contributed by atoms with van der Waals surface area (Å²) in [7, 11) is 3.18. The molecular formula is C37H49F2N7O4. The number of piperidine rings is 1. The second kappa shape index (κ2) is 15.7. The number of benzene rings is 1. The van der Waals surface area contributed by atoms with Crippen LogP contribution in [0.3, 0.4) is 0 Å². The van der Waals surface area contributed by atoms with E-state index in [1.807, 2.05) is 15.9 Å². The minimum Gasteiger partial charge on any atom is -0.469 e. The van der Waals surface area contributed by atoms with Crippen LogP contribution < -0.4 is 4.90 Å². The predicted octanol–water partition coefficient (Wildman–Crippen LogP) is 6.28. The number of methoxy groups -OCH3 is 1. The highest BCUT2D eigenvalue weighted by molar-refractivity contribution is 5.78. The molecule has 3 aliphatic rings. The van der Waals surface area contributed by atoms with Crippen LogP contribution in [-0.4, -0.2) is 80.4 Å². The molecule has 0 N–H and O–H groups in total. The maximum atomic E-state index is 14.6. The zero-order valence-corrected chi connectivity index (χ0v) is 29.5. The molecule has 3 aromatic rings. The van der Waals surface area contributed by atoms with Crippen LogP contribution in [0.1, 0.15) is 106 Å². The number of alkyl halides is 2. The smallest absolute Gasteiger partial charge is 0.305 e. The molecule has 2 amide bonds. The van der Waals surface area contributed by atoms with Gasteiger partial charge in [-0.05, 0) is 61.8 Å². The van der Waals surface area contributed by atoms with Crippen LogP contribution in [0.2, 0.25) is 0 Å². The number of aryl methyl sites for hydroxylation is 2. The molecule has 50 heavy (non-hydrogen) atoms. The number of aromatic nitrogens is 4. The van der Waals surface area contributed by atoms with Crippen LogP contribution in [0.5, 0.6) is 0 Å². The van der Waals surface area contributed by atoms with E-state index in [0.717, 1.165) is 86.1 Å². The summed E-state index contributed by atoms with van der Waals surface area (Å²) in [6.45, 7) is 4.58. The number of hydrogen-bond acceptors (Lipinski definition) is 7. The van der Waals surface area contributed by atoms with Crippen molar-refractivity contribution < 1.29 is 27.9 Å². The van der Waals surface area contributed by atoms with E-state index in [-0.39, 0.29) is 29.4 Å². The number of unbranched alkanes of at least 4 members (excludes halogenated alkanes) is 4. The van der Waals surface area contributed by atoms with E-state index in [4.69, 9.17) is 5.10 Å². The fourth-order valence-corrected chi connectivity index (χ4v) is 7.77. The third-order valence-electron chi connectivity index (χ3n) is 10.5. The van der Waals surface area contributed by atoms with Crippen LogP contribution >= 0.6 is 0 Å². The number of ether oxygens (including phenoxy) is 1. The largest absolute Gasteiger partial charge is 0.469 e. The van der Waals surface area contributed by atoms with Gasteiger partial charge >= 0.3 is 5.97 Å². The van der Waals surface area contributed by atoms with Crippen molar-refractivity contribution in [3.05, 3.63) is 46.9 Å². The van der Waals surface area contributed by atoms with Gasteiger partial charge in [0.15, 0.2) is 5.82 Å². The molecule has 0 unspecified atom stereocenters. The Morgan fingerprint density at radius 1 is 0.960 bits per heavy atom. The second-order valence-corrected chi connectivity index (χ2v) is 13.9.